The lowest BCUT2D eigenvalue weighted by Gasteiger charge is -1.97. The summed E-state index contributed by atoms with van der Waals surface area (Å²) in [6.07, 6.45) is 4.70. The normalized spacial score (nSPS) is 15.5. The van der Waals surface area contributed by atoms with Crippen molar-refractivity contribution in [2.75, 3.05) is 7.11 Å². The molecule has 76 valence electrons. The summed E-state index contributed by atoms with van der Waals surface area (Å²) in [4.78, 5) is 10.9. The van der Waals surface area contributed by atoms with Gasteiger partial charge in [0.15, 0.2) is 0 Å². The van der Waals surface area contributed by atoms with E-state index < -0.39 is 0 Å². The number of aromatic nitrogens is 3. The Morgan fingerprint density at radius 1 is 1.71 bits per heavy atom. The van der Waals surface area contributed by atoms with Crippen molar-refractivity contribution in [1.82, 2.24) is 15.0 Å². The maximum absolute atomic E-state index is 10.9. The van der Waals surface area contributed by atoms with Crippen LogP contribution in [-0.2, 0) is 16.1 Å². The minimum Gasteiger partial charge on any atom is -0.469 e. The van der Waals surface area contributed by atoms with E-state index in [1.807, 2.05) is 6.20 Å². The van der Waals surface area contributed by atoms with Gasteiger partial charge in [0.05, 0.1) is 25.8 Å². The lowest BCUT2D eigenvalue weighted by molar-refractivity contribution is -0.140. The summed E-state index contributed by atoms with van der Waals surface area (Å²) in [6.45, 7) is 0.548. The Morgan fingerprint density at radius 2 is 2.50 bits per heavy atom. The largest absolute Gasteiger partial charge is 0.469 e. The molecule has 14 heavy (non-hydrogen) atoms. The third kappa shape index (κ3) is 2.10. The molecule has 2 rings (SSSR count). The fourth-order valence-electron chi connectivity index (χ4n) is 1.30. The van der Waals surface area contributed by atoms with E-state index in [9.17, 15) is 4.79 Å². The zero-order chi connectivity index (χ0) is 9.97. The van der Waals surface area contributed by atoms with Crippen LogP contribution in [0.4, 0.5) is 0 Å². The zero-order valence-corrected chi connectivity index (χ0v) is 8.14. The van der Waals surface area contributed by atoms with Gasteiger partial charge in [-0.3, -0.25) is 9.48 Å². The highest BCUT2D eigenvalue weighted by Gasteiger charge is 2.26. The number of hydrogen-bond donors (Lipinski definition) is 0. The van der Waals surface area contributed by atoms with Crippen molar-refractivity contribution in [3.63, 3.8) is 0 Å². The summed E-state index contributed by atoms with van der Waals surface area (Å²) < 4.78 is 6.24. The van der Waals surface area contributed by atoms with Crippen molar-refractivity contribution in [3.05, 3.63) is 11.9 Å². The number of nitrogens with zero attached hydrogens (tertiary/aromatic N) is 3. The summed E-state index contributed by atoms with van der Waals surface area (Å²) in [5.74, 6) is 0.398. The van der Waals surface area contributed by atoms with E-state index in [-0.39, 0.29) is 5.97 Å². The smallest absolute Gasteiger partial charge is 0.307 e. The van der Waals surface area contributed by atoms with Crippen LogP contribution in [0.1, 0.15) is 30.9 Å². The third-order valence-corrected chi connectivity index (χ3v) is 2.32. The molecule has 0 aliphatic heterocycles. The van der Waals surface area contributed by atoms with E-state index in [1.54, 1.807) is 4.68 Å². The predicted molar refractivity (Wildman–Crippen MR) is 48.6 cm³/mol. The maximum Gasteiger partial charge on any atom is 0.307 e. The molecule has 0 amide bonds. The zero-order valence-electron chi connectivity index (χ0n) is 8.14. The topological polar surface area (TPSA) is 57.0 Å². The molecule has 0 bridgehead atoms. The van der Waals surface area contributed by atoms with Crippen LogP contribution in [0, 0.1) is 0 Å². The van der Waals surface area contributed by atoms with Crippen molar-refractivity contribution in [1.29, 1.82) is 0 Å². The van der Waals surface area contributed by atoms with Gasteiger partial charge in [-0.05, 0) is 12.8 Å². The monoisotopic (exact) mass is 195 g/mol. The Morgan fingerprint density at radius 3 is 3.14 bits per heavy atom. The Bertz CT molecular complexity index is 331. The Balaban J connectivity index is 1.86. The van der Waals surface area contributed by atoms with Crippen LogP contribution < -0.4 is 0 Å². The molecule has 0 N–H and O–H groups in total. The highest BCUT2D eigenvalue weighted by atomic mass is 16.5. The van der Waals surface area contributed by atoms with E-state index in [1.165, 1.54) is 20.0 Å². The van der Waals surface area contributed by atoms with Gasteiger partial charge in [-0.15, -0.1) is 5.10 Å². The average Bonchev–Trinajstić information content (AvgIpc) is 2.95. The molecule has 5 heteroatoms. The van der Waals surface area contributed by atoms with Crippen LogP contribution in [0.25, 0.3) is 0 Å². The maximum atomic E-state index is 10.9. The molecule has 1 heterocycles. The molecule has 0 spiro atoms. The van der Waals surface area contributed by atoms with Crippen molar-refractivity contribution >= 4 is 5.97 Å². The van der Waals surface area contributed by atoms with Crippen molar-refractivity contribution in [3.8, 4) is 0 Å². The molecule has 0 atom stereocenters. The molecular weight excluding hydrogens is 182 g/mol. The van der Waals surface area contributed by atoms with Crippen molar-refractivity contribution in [2.24, 2.45) is 0 Å². The van der Waals surface area contributed by atoms with E-state index in [2.05, 4.69) is 15.0 Å². The van der Waals surface area contributed by atoms with Gasteiger partial charge in [-0.1, -0.05) is 5.21 Å². The number of rotatable bonds is 4. The summed E-state index contributed by atoms with van der Waals surface area (Å²) in [5, 5.41) is 7.99. The van der Waals surface area contributed by atoms with Crippen LogP contribution in [0.5, 0.6) is 0 Å². The van der Waals surface area contributed by atoms with Gasteiger partial charge >= 0.3 is 5.97 Å². The number of carbonyl (C=O) groups is 1. The van der Waals surface area contributed by atoms with Gasteiger partial charge in [-0.2, -0.15) is 0 Å². The summed E-state index contributed by atoms with van der Waals surface area (Å²) >= 11 is 0. The molecule has 1 saturated carbocycles. The summed E-state index contributed by atoms with van der Waals surface area (Å²) in [7, 11) is 1.39. The second-order valence-corrected chi connectivity index (χ2v) is 3.51. The van der Waals surface area contributed by atoms with Gasteiger partial charge in [0.2, 0.25) is 0 Å². The SMILES string of the molecule is COC(=O)CCn1cc(C2CC2)nn1. The molecule has 5 nitrogen and oxygen atoms in total. The average molecular weight is 195 g/mol. The first-order chi connectivity index (χ1) is 6.79. The van der Waals surface area contributed by atoms with Crippen LogP contribution in [0.3, 0.4) is 0 Å². The molecule has 1 aliphatic rings. The van der Waals surface area contributed by atoms with E-state index >= 15 is 0 Å². The molecule has 0 aromatic carbocycles. The number of methoxy groups -OCH3 is 1. The van der Waals surface area contributed by atoms with Gasteiger partial charge in [0.25, 0.3) is 0 Å². The van der Waals surface area contributed by atoms with Gasteiger partial charge in [-0.25, -0.2) is 0 Å². The first kappa shape index (κ1) is 9.18. The Hall–Kier alpha value is -1.39. The number of carbonyl (C=O) groups excluding carboxylic acids is 1. The quantitative estimate of drug-likeness (QED) is 0.664. The third-order valence-electron chi connectivity index (χ3n) is 2.32. The Kier molecular flexibility index (Phi) is 2.47. The molecule has 1 fully saturated rings. The van der Waals surface area contributed by atoms with Gasteiger partial charge in [0.1, 0.15) is 0 Å². The van der Waals surface area contributed by atoms with Crippen LogP contribution in [0.2, 0.25) is 0 Å². The van der Waals surface area contributed by atoms with E-state index in [0.717, 1.165) is 5.69 Å². The van der Waals surface area contributed by atoms with Gasteiger partial charge < -0.3 is 4.74 Å². The lowest BCUT2D eigenvalue weighted by Crippen LogP contribution is -2.07. The molecular formula is C9H13N3O2. The first-order valence-electron chi connectivity index (χ1n) is 4.76. The molecule has 1 aliphatic carbocycles. The molecule has 1 aromatic heterocycles. The minimum absolute atomic E-state index is 0.214. The second-order valence-electron chi connectivity index (χ2n) is 3.51. The highest BCUT2D eigenvalue weighted by Crippen LogP contribution is 2.38. The van der Waals surface area contributed by atoms with Crippen LogP contribution >= 0.6 is 0 Å². The molecule has 0 unspecified atom stereocenters. The molecule has 1 aromatic rings. The van der Waals surface area contributed by atoms with Crippen LogP contribution in [-0.4, -0.2) is 28.1 Å². The van der Waals surface area contributed by atoms with Crippen molar-refractivity contribution < 1.29 is 9.53 Å². The molecule has 0 saturated heterocycles. The predicted octanol–water partition coefficient (Wildman–Crippen LogP) is 0.719. The van der Waals surface area contributed by atoms with E-state index in [0.29, 0.717) is 18.9 Å². The number of esters is 1. The first-order valence-corrected chi connectivity index (χ1v) is 4.76. The fourth-order valence-corrected chi connectivity index (χ4v) is 1.30. The van der Waals surface area contributed by atoms with Crippen LogP contribution in [0.15, 0.2) is 6.20 Å². The minimum atomic E-state index is -0.214. The summed E-state index contributed by atoms with van der Waals surface area (Å²) in [5.41, 5.74) is 1.05. The van der Waals surface area contributed by atoms with Crippen molar-refractivity contribution in [2.45, 2.75) is 31.7 Å². The van der Waals surface area contributed by atoms with Gasteiger partial charge in [0, 0.05) is 12.1 Å². The van der Waals surface area contributed by atoms with E-state index in [4.69, 9.17) is 0 Å². The number of ether oxygens (including phenoxy) is 1. The fraction of sp³-hybridized carbons (Fsp3) is 0.667. The number of hydrogen-bond acceptors (Lipinski definition) is 4. The standard InChI is InChI=1S/C9H13N3O2/c1-14-9(13)4-5-12-6-8(10-11-12)7-2-3-7/h6-7H,2-5H2,1H3. The number of aryl methyl sites for hydroxylation is 1. The Labute approximate surface area is 82.1 Å². The molecule has 0 radical (unpaired) electrons. The highest BCUT2D eigenvalue weighted by molar-refractivity contribution is 5.68. The lowest BCUT2D eigenvalue weighted by atomic mass is 10.3. The second kappa shape index (κ2) is 3.77. The summed E-state index contributed by atoms with van der Waals surface area (Å²) in [6, 6.07) is 0.